The van der Waals surface area contributed by atoms with Crippen molar-refractivity contribution in [2.45, 2.75) is 33.3 Å². The third kappa shape index (κ3) is 3.94. The molecule has 1 unspecified atom stereocenters. The molecule has 1 rings (SSSR count). The number of benzene rings is 1. The number of amides is 1. The molecular weight excluding hydrogens is 263 g/mol. The number of ether oxygens (including phenoxy) is 1. The first kappa shape index (κ1) is 15.9. The largest absolute Gasteiger partial charge is 0.449 e. The first-order valence-corrected chi connectivity index (χ1v) is 6.41. The average molecular weight is 282 g/mol. The van der Waals surface area contributed by atoms with E-state index in [9.17, 15) is 14.0 Å². The maximum absolute atomic E-state index is 13.5. The van der Waals surface area contributed by atoms with Crippen LogP contribution in [0.15, 0.2) is 12.1 Å². The number of nitrogen functional groups attached to an aromatic ring is 1. The minimum atomic E-state index is -0.945. The Morgan fingerprint density at radius 1 is 1.45 bits per heavy atom. The maximum atomic E-state index is 13.5. The van der Waals surface area contributed by atoms with Crippen molar-refractivity contribution in [1.29, 1.82) is 0 Å². The van der Waals surface area contributed by atoms with Crippen molar-refractivity contribution in [3.8, 4) is 0 Å². The van der Waals surface area contributed by atoms with E-state index in [2.05, 4.69) is 5.32 Å². The molecule has 1 atom stereocenters. The molecule has 6 heteroatoms. The quantitative estimate of drug-likeness (QED) is 0.637. The lowest BCUT2D eigenvalue weighted by Gasteiger charge is -2.13. The van der Waals surface area contributed by atoms with Crippen LogP contribution in [0.4, 0.5) is 10.1 Å². The Balaban J connectivity index is 2.74. The molecule has 110 valence electrons. The van der Waals surface area contributed by atoms with Gasteiger partial charge in [-0.05, 0) is 32.4 Å². The number of anilines is 1. The van der Waals surface area contributed by atoms with Crippen LogP contribution in [0, 0.1) is 12.7 Å². The number of nitrogens with one attached hydrogen (secondary N) is 1. The molecule has 1 aromatic rings. The minimum absolute atomic E-state index is 0.0132. The summed E-state index contributed by atoms with van der Waals surface area (Å²) in [5, 5.41) is 2.61. The van der Waals surface area contributed by atoms with E-state index in [1.807, 2.05) is 6.92 Å². The average Bonchev–Trinajstić information content (AvgIpc) is 2.41. The standard InChI is InChI=1S/C14H19FN2O3/c1-4-5-17-13(18)9(3)20-14(19)10-6-11(15)8(2)12(16)7-10/h6-7,9H,4-5,16H2,1-3H3,(H,17,18). The highest BCUT2D eigenvalue weighted by atomic mass is 19.1. The molecule has 20 heavy (non-hydrogen) atoms. The number of carbonyl (C=O) groups excluding carboxylic acids is 2. The Labute approximate surface area is 117 Å². The van der Waals surface area contributed by atoms with Crippen LogP contribution < -0.4 is 11.1 Å². The second kappa shape index (κ2) is 6.88. The second-order valence-corrected chi connectivity index (χ2v) is 4.51. The van der Waals surface area contributed by atoms with Gasteiger partial charge in [0.15, 0.2) is 6.10 Å². The van der Waals surface area contributed by atoms with Crippen LogP contribution in [0.25, 0.3) is 0 Å². The van der Waals surface area contributed by atoms with E-state index in [4.69, 9.17) is 10.5 Å². The van der Waals surface area contributed by atoms with Gasteiger partial charge in [-0.3, -0.25) is 4.79 Å². The first-order chi connectivity index (χ1) is 9.36. The van der Waals surface area contributed by atoms with E-state index in [0.29, 0.717) is 6.54 Å². The fraction of sp³-hybridized carbons (Fsp3) is 0.429. The van der Waals surface area contributed by atoms with Crippen molar-refractivity contribution < 1.29 is 18.7 Å². The van der Waals surface area contributed by atoms with Crippen LogP contribution in [-0.4, -0.2) is 24.5 Å². The van der Waals surface area contributed by atoms with Crippen LogP contribution in [0.1, 0.15) is 36.2 Å². The fourth-order valence-corrected chi connectivity index (χ4v) is 1.49. The molecule has 0 aliphatic heterocycles. The second-order valence-electron chi connectivity index (χ2n) is 4.51. The fourth-order valence-electron chi connectivity index (χ4n) is 1.49. The van der Waals surface area contributed by atoms with Gasteiger partial charge in [0, 0.05) is 17.8 Å². The highest BCUT2D eigenvalue weighted by molar-refractivity contribution is 5.93. The van der Waals surface area contributed by atoms with Gasteiger partial charge in [-0.1, -0.05) is 6.92 Å². The molecule has 0 heterocycles. The molecule has 0 aromatic heterocycles. The van der Waals surface area contributed by atoms with Crippen molar-refractivity contribution >= 4 is 17.6 Å². The van der Waals surface area contributed by atoms with Crippen LogP contribution in [0.5, 0.6) is 0 Å². The summed E-state index contributed by atoms with van der Waals surface area (Å²) in [6, 6.07) is 2.38. The summed E-state index contributed by atoms with van der Waals surface area (Å²) < 4.78 is 18.5. The zero-order valence-corrected chi connectivity index (χ0v) is 11.8. The highest BCUT2D eigenvalue weighted by Crippen LogP contribution is 2.18. The van der Waals surface area contributed by atoms with Gasteiger partial charge in [0.2, 0.25) is 0 Å². The molecule has 0 saturated heterocycles. The predicted molar refractivity (Wildman–Crippen MR) is 73.7 cm³/mol. The van der Waals surface area contributed by atoms with Crippen molar-refractivity contribution in [1.82, 2.24) is 5.32 Å². The molecule has 0 aliphatic rings. The lowest BCUT2D eigenvalue weighted by molar-refractivity contribution is -0.129. The molecule has 0 radical (unpaired) electrons. The SMILES string of the molecule is CCCNC(=O)C(C)OC(=O)c1cc(N)c(C)c(F)c1. The van der Waals surface area contributed by atoms with Gasteiger partial charge in [-0.15, -0.1) is 0 Å². The Bertz CT molecular complexity index is 494. The topological polar surface area (TPSA) is 81.4 Å². The molecule has 1 amide bonds. The molecule has 0 fully saturated rings. The van der Waals surface area contributed by atoms with Gasteiger partial charge in [0.05, 0.1) is 5.56 Å². The summed E-state index contributed by atoms with van der Waals surface area (Å²) in [5.74, 6) is -1.75. The zero-order chi connectivity index (χ0) is 15.3. The van der Waals surface area contributed by atoms with E-state index in [1.165, 1.54) is 19.9 Å². The lowest BCUT2D eigenvalue weighted by atomic mass is 10.1. The minimum Gasteiger partial charge on any atom is -0.449 e. The van der Waals surface area contributed by atoms with Gasteiger partial charge in [-0.25, -0.2) is 9.18 Å². The molecule has 3 N–H and O–H groups in total. The zero-order valence-electron chi connectivity index (χ0n) is 11.8. The number of hydrogen-bond acceptors (Lipinski definition) is 4. The Morgan fingerprint density at radius 2 is 2.10 bits per heavy atom. The number of hydrogen-bond donors (Lipinski definition) is 2. The highest BCUT2D eigenvalue weighted by Gasteiger charge is 2.19. The van der Waals surface area contributed by atoms with Gasteiger partial charge < -0.3 is 15.8 Å². The molecular formula is C14H19FN2O3. The van der Waals surface area contributed by atoms with Crippen molar-refractivity contribution in [2.75, 3.05) is 12.3 Å². The number of carbonyl (C=O) groups is 2. The van der Waals surface area contributed by atoms with Crippen molar-refractivity contribution in [3.63, 3.8) is 0 Å². The smallest absolute Gasteiger partial charge is 0.339 e. The Kier molecular flexibility index (Phi) is 5.49. The van der Waals surface area contributed by atoms with E-state index in [-0.39, 0.29) is 22.7 Å². The lowest BCUT2D eigenvalue weighted by Crippen LogP contribution is -2.36. The summed E-state index contributed by atoms with van der Waals surface area (Å²) in [7, 11) is 0. The van der Waals surface area contributed by atoms with E-state index in [0.717, 1.165) is 12.5 Å². The summed E-state index contributed by atoms with van der Waals surface area (Å²) >= 11 is 0. The Morgan fingerprint density at radius 3 is 2.65 bits per heavy atom. The number of rotatable bonds is 5. The normalized spacial score (nSPS) is 11.8. The summed E-state index contributed by atoms with van der Waals surface area (Å²) in [6.45, 7) is 5.39. The molecule has 0 aliphatic carbocycles. The van der Waals surface area contributed by atoms with E-state index < -0.39 is 17.9 Å². The number of nitrogens with two attached hydrogens (primary N) is 1. The van der Waals surface area contributed by atoms with Crippen LogP contribution in [-0.2, 0) is 9.53 Å². The van der Waals surface area contributed by atoms with E-state index in [1.54, 1.807) is 0 Å². The molecule has 5 nitrogen and oxygen atoms in total. The van der Waals surface area contributed by atoms with Crippen LogP contribution in [0.2, 0.25) is 0 Å². The summed E-state index contributed by atoms with van der Waals surface area (Å²) in [5.41, 5.74) is 6.02. The molecule has 0 bridgehead atoms. The van der Waals surface area contributed by atoms with Gasteiger partial charge >= 0.3 is 5.97 Å². The van der Waals surface area contributed by atoms with Crippen LogP contribution >= 0.6 is 0 Å². The van der Waals surface area contributed by atoms with Gasteiger partial charge in [0.25, 0.3) is 5.91 Å². The third-order valence-electron chi connectivity index (χ3n) is 2.82. The van der Waals surface area contributed by atoms with Crippen molar-refractivity contribution in [3.05, 3.63) is 29.1 Å². The predicted octanol–water partition coefficient (Wildman–Crippen LogP) is 1.79. The van der Waals surface area contributed by atoms with Gasteiger partial charge in [-0.2, -0.15) is 0 Å². The van der Waals surface area contributed by atoms with Crippen molar-refractivity contribution in [2.24, 2.45) is 0 Å². The monoisotopic (exact) mass is 282 g/mol. The maximum Gasteiger partial charge on any atom is 0.339 e. The Hall–Kier alpha value is -2.11. The molecule has 0 spiro atoms. The molecule has 0 saturated carbocycles. The third-order valence-corrected chi connectivity index (χ3v) is 2.82. The van der Waals surface area contributed by atoms with E-state index >= 15 is 0 Å². The van der Waals surface area contributed by atoms with Gasteiger partial charge in [0.1, 0.15) is 5.82 Å². The van der Waals surface area contributed by atoms with Crippen LogP contribution in [0.3, 0.4) is 0 Å². The molecule has 1 aromatic carbocycles. The number of halogens is 1. The first-order valence-electron chi connectivity index (χ1n) is 6.41. The summed E-state index contributed by atoms with van der Waals surface area (Å²) in [4.78, 5) is 23.4. The summed E-state index contributed by atoms with van der Waals surface area (Å²) in [6.07, 6.45) is -0.161. The number of esters is 1.